The van der Waals surface area contributed by atoms with Gasteiger partial charge in [-0.2, -0.15) is 15.4 Å². The van der Waals surface area contributed by atoms with Crippen molar-refractivity contribution < 1.29 is 27.9 Å². The van der Waals surface area contributed by atoms with Crippen LogP contribution >= 0.6 is 0 Å². The number of Topliss-reactive ketones (excluding diaryl/α,β-unsaturated/α-hetero) is 1. The molecule has 0 spiro atoms. The van der Waals surface area contributed by atoms with Gasteiger partial charge in [-0.3, -0.25) is 14.4 Å². The van der Waals surface area contributed by atoms with Crippen molar-refractivity contribution in [2.24, 2.45) is 0 Å². The van der Waals surface area contributed by atoms with Gasteiger partial charge >= 0.3 is 0 Å². The van der Waals surface area contributed by atoms with E-state index in [9.17, 15) is 23.2 Å². The molecule has 12 heteroatoms. The number of hydrogen-bond donors (Lipinski definition) is 3. The summed E-state index contributed by atoms with van der Waals surface area (Å²) in [5.74, 6) is -4.33. The lowest BCUT2D eigenvalue weighted by Crippen LogP contribution is -2.60. The summed E-state index contributed by atoms with van der Waals surface area (Å²) in [5, 5.41) is 15.5. The van der Waals surface area contributed by atoms with E-state index in [1.807, 2.05) is 0 Å². The minimum absolute atomic E-state index is 0.0754. The van der Waals surface area contributed by atoms with Crippen LogP contribution in [0, 0.1) is 18.6 Å². The standard InChI is InChI=1S/C22H20F2N6O4/c1-11-17(20(32)26-12-4-5-13(23)14(24)7-12)15-3-2-6-30(15)18(11)19(31)21(33)27-22(9-34-10-22)16-8-25-29-28-16/h4-5,7-8H,2-3,6,9-10H2,1H3,(H,26,32)(H,27,33)(H,25,28,29). The Morgan fingerprint density at radius 3 is 2.65 bits per heavy atom. The molecule has 2 aliphatic heterocycles. The SMILES string of the molecule is Cc1c(C(=O)Nc2ccc(F)c(F)c2)c2n(c1C(=O)C(=O)NC1(c3cn[nH]n3)COC1)CCC2. The third kappa shape index (κ3) is 3.46. The van der Waals surface area contributed by atoms with Crippen LogP contribution in [0.4, 0.5) is 14.5 Å². The van der Waals surface area contributed by atoms with Gasteiger partial charge in [-0.1, -0.05) is 0 Å². The molecule has 176 valence electrons. The van der Waals surface area contributed by atoms with Crippen molar-refractivity contribution in [1.29, 1.82) is 0 Å². The number of nitrogens with one attached hydrogen (secondary N) is 3. The Balaban J connectivity index is 1.43. The van der Waals surface area contributed by atoms with E-state index in [4.69, 9.17) is 4.74 Å². The summed E-state index contributed by atoms with van der Waals surface area (Å²) in [6.07, 6.45) is 2.68. The molecule has 1 fully saturated rings. The summed E-state index contributed by atoms with van der Waals surface area (Å²) in [5.41, 5.74) is 0.894. The lowest BCUT2D eigenvalue weighted by atomic mass is 9.93. The van der Waals surface area contributed by atoms with Crippen molar-refractivity contribution in [2.75, 3.05) is 18.5 Å². The quantitative estimate of drug-likeness (QED) is 0.371. The number of fused-ring (bicyclic) bond motifs is 1. The maximum Gasteiger partial charge on any atom is 0.294 e. The molecule has 3 N–H and O–H groups in total. The van der Waals surface area contributed by atoms with Gasteiger partial charge in [0.2, 0.25) is 0 Å². The number of benzene rings is 1. The summed E-state index contributed by atoms with van der Waals surface area (Å²) < 4.78 is 33.7. The van der Waals surface area contributed by atoms with Gasteiger partial charge in [-0.05, 0) is 37.5 Å². The topological polar surface area (TPSA) is 131 Å². The van der Waals surface area contributed by atoms with Crippen LogP contribution in [0.2, 0.25) is 0 Å². The highest BCUT2D eigenvalue weighted by molar-refractivity contribution is 6.43. The number of hydrogen-bond acceptors (Lipinski definition) is 6. The second-order valence-electron chi connectivity index (χ2n) is 8.35. The first-order valence-corrected chi connectivity index (χ1v) is 10.6. The first-order chi connectivity index (χ1) is 16.3. The number of H-pyrrole nitrogens is 1. The van der Waals surface area contributed by atoms with Gasteiger partial charge in [0.25, 0.3) is 17.6 Å². The summed E-state index contributed by atoms with van der Waals surface area (Å²) in [7, 11) is 0. The highest BCUT2D eigenvalue weighted by atomic mass is 19.2. The predicted octanol–water partition coefficient (Wildman–Crippen LogP) is 1.62. The maximum atomic E-state index is 13.6. The van der Waals surface area contributed by atoms with Crippen LogP contribution in [-0.2, 0) is 28.0 Å². The Kier molecular flexibility index (Phi) is 5.24. The Morgan fingerprint density at radius 2 is 2.00 bits per heavy atom. The van der Waals surface area contributed by atoms with Crippen LogP contribution in [0.25, 0.3) is 0 Å². The van der Waals surface area contributed by atoms with Crippen LogP contribution in [0.5, 0.6) is 0 Å². The van der Waals surface area contributed by atoms with Crippen molar-refractivity contribution in [1.82, 2.24) is 25.3 Å². The number of aromatic amines is 1. The van der Waals surface area contributed by atoms with E-state index in [2.05, 4.69) is 26.0 Å². The summed E-state index contributed by atoms with van der Waals surface area (Å²) in [6.45, 7) is 2.35. The molecule has 2 amide bonds. The number of ketones is 1. The lowest BCUT2D eigenvalue weighted by Gasteiger charge is -2.39. The molecule has 2 aromatic heterocycles. The van der Waals surface area contributed by atoms with Crippen LogP contribution < -0.4 is 10.6 Å². The van der Waals surface area contributed by atoms with E-state index in [0.717, 1.165) is 12.1 Å². The first kappa shape index (κ1) is 21.9. The molecular formula is C22H20F2N6O4. The minimum atomic E-state index is -1.09. The summed E-state index contributed by atoms with van der Waals surface area (Å²) in [4.78, 5) is 39.3. The molecule has 4 heterocycles. The molecule has 2 aliphatic rings. The normalized spacial score (nSPS) is 16.0. The lowest BCUT2D eigenvalue weighted by molar-refractivity contribution is -0.130. The van der Waals surface area contributed by atoms with Crippen molar-refractivity contribution in [2.45, 2.75) is 31.8 Å². The number of carbonyl (C=O) groups excluding carboxylic acids is 3. The van der Waals surface area contributed by atoms with Crippen LogP contribution in [0.3, 0.4) is 0 Å². The number of nitrogens with zero attached hydrogens (tertiary/aromatic N) is 3. The maximum absolute atomic E-state index is 13.6. The number of halogens is 2. The Morgan fingerprint density at radius 1 is 1.21 bits per heavy atom. The third-order valence-electron chi connectivity index (χ3n) is 6.19. The zero-order valence-electron chi connectivity index (χ0n) is 18.1. The highest BCUT2D eigenvalue weighted by Crippen LogP contribution is 2.31. The Labute approximate surface area is 191 Å². The van der Waals surface area contributed by atoms with E-state index < -0.39 is 34.8 Å². The second kappa shape index (κ2) is 8.13. The molecule has 0 saturated carbocycles. The van der Waals surface area contributed by atoms with Crippen molar-refractivity contribution >= 4 is 23.3 Å². The number of amides is 2. The zero-order chi connectivity index (χ0) is 24.0. The van der Waals surface area contributed by atoms with Crippen molar-refractivity contribution in [3.8, 4) is 0 Å². The molecule has 0 aliphatic carbocycles. The fourth-order valence-electron chi connectivity index (χ4n) is 4.48. The second-order valence-corrected chi connectivity index (χ2v) is 8.35. The number of aromatic nitrogens is 4. The van der Waals surface area contributed by atoms with Crippen molar-refractivity contribution in [3.05, 3.63) is 64.2 Å². The smallest absolute Gasteiger partial charge is 0.294 e. The van der Waals surface area contributed by atoms with Gasteiger partial charge in [0.15, 0.2) is 11.6 Å². The fraction of sp³-hybridized carbons (Fsp3) is 0.318. The minimum Gasteiger partial charge on any atom is -0.376 e. The van der Waals surface area contributed by atoms with Gasteiger partial charge in [0, 0.05) is 24.0 Å². The van der Waals surface area contributed by atoms with Gasteiger partial charge in [0.05, 0.1) is 30.7 Å². The van der Waals surface area contributed by atoms with Gasteiger partial charge in [-0.15, -0.1) is 0 Å². The predicted molar refractivity (Wildman–Crippen MR) is 113 cm³/mol. The van der Waals surface area contributed by atoms with E-state index in [-0.39, 0.29) is 30.2 Å². The largest absolute Gasteiger partial charge is 0.376 e. The highest BCUT2D eigenvalue weighted by Gasteiger charge is 2.46. The molecule has 0 atom stereocenters. The Hall–Kier alpha value is -3.93. The van der Waals surface area contributed by atoms with Crippen LogP contribution in [0.15, 0.2) is 24.4 Å². The molecule has 1 aromatic carbocycles. The molecule has 10 nitrogen and oxygen atoms in total. The first-order valence-electron chi connectivity index (χ1n) is 10.6. The van der Waals surface area contributed by atoms with E-state index in [1.165, 1.54) is 12.3 Å². The van der Waals surface area contributed by atoms with Crippen LogP contribution in [-0.4, -0.2) is 50.8 Å². The number of carbonyl (C=O) groups is 3. The summed E-state index contributed by atoms with van der Waals surface area (Å²) >= 11 is 0. The fourth-order valence-corrected chi connectivity index (χ4v) is 4.48. The molecule has 0 radical (unpaired) electrons. The molecule has 34 heavy (non-hydrogen) atoms. The number of rotatable bonds is 6. The Bertz CT molecular complexity index is 1310. The van der Waals surface area contributed by atoms with E-state index >= 15 is 0 Å². The van der Waals surface area contributed by atoms with Crippen LogP contribution in [0.1, 0.15) is 44.2 Å². The number of ether oxygens (including phenoxy) is 1. The average Bonchev–Trinajstić information content (AvgIpc) is 3.50. The number of anilines is 1. The molecule has 3 aromatic rings. The molecular weight excluding hydrogens is 450 g/mol. The summed E-state index contributed by atoms with van der Waals surface area (Å²) in [6, 6.07) is 3.03. The molecule has 0 unspecified atom stereocenters. The zero-order valence-corrected chi connectivity index (χ0v) is 18.1. The monoisotopic (exact) mass is 470 g/mol. The van der Waals surface area contributed by atoms with E-state index in [0.29, 0.717) is 36.3 Å². The average molecular weight is 470 g/mol. The van der Waals surface area contributed by atoms with Crippen molar-refractivity contribution in [3.63, 3.8) is 0 Å². The molecule has 5 rings (SSSR count). The van der Waals surface area contributed by atoms with Gasteiger partial charge in [0.1, 0.15) is 11.2 Å². The third-order valence-corrected chi connectivity index (χ3v) is 6.19. The van der Waals surface area contributed by atoms with Gasteiger partial charge in [-0.25, -0.2) is 8.78 Å². The van der Waals surface area contributed by atoms with E-state index in [1.54, 1.807) is 11.5 Å². The molecule has 1 saturated heterocycles. The van der Waals surface area contributed by atoms with Gasteiger partial charge < -0.3 is 19.9 Å². The molecule has 0 bridgehead atoms.